The molecule has 0 aliphatic carbocycles. The topological polar surface area (TPSA) is 46.6 Å². The van der Waals surface area contributed by atoms with E-state index in [-0.39, 0.29) is 5.91 Å². The molecule has 2 aromatic heterocycles. The van der Waals surface area contributed by atoms with E-state index in [4.69, 9.17) is 20.4 Å². The molecule has 2 heterocycles. The fourth-order valence-corrected chi connectivity index (χ4v) is 2.37. The summed E-state index contributed by atoms with van der Waals surface area (Å²) in [4.78, 5) is 14.2. The van der Waals surface area contributed by atoms with Gasteiger partial charge < -0.3 is 13.7 Å². The molecule has 0 atom stereocenters. The zero-order valence-electron chi connectivity index (χ0n) is 12.9. The lowest BCUT2D eigenvalue weighted by molar-refractivity contribution is -0.127. The maximum Gasteiger partial charge on any atom is 0.247 e. The number of hydrogen-bond donors (Lipinski definition) is 0. The fraction of sp³-hybridized carbons (Fsp3) is 0.105. The van der Waals surface area contributed by atoms with Gasteiger partial charge in [-0.1, -0.05) is 23.7 Å². The van der Waals surface area contributed by atoms with E-state index in [2.05, 4.69) is 0 Å². The Morgan fingerprint density at radius 3 is 2.04 bits per heavy atom. The van der Waals surface area contributed by atoms with E-state index < -0.39 is 0 Å². The van der Waals surface area contributed by atoms with Crippen molar-refractivity contribution in [2.75, 3.05) is 0 Å². The van der Waals surface area contributed by atoms with Crippen LogP contribution in [0.3, 0.4) is 0 Å². The van der Waals surface area contributed by atoms with E-state index in [1.54, 1.807) is 47.8 Å². The van der Waals surface area contributed by atoms with E-state index in [1.165, 1.54) is 6.08 Å². The third-order valence-corrected chi connectivity index (χ3v) is 3.71. The van der Waals surface area contributed by atoms with E-state index in [0.29, 0.717) is 18.1 Å². The van der Waals surface area contributed by atoms with Crippen LogP contribution in [0.25, 0.3) is 6.08 Å². The number of hydrogen-bond acceptors (Lipinski definition) is 3. The lowest BCUT2D eigenvalue weighted by atomic mass is 10.2. The highest BCUT2D eigenvalue weighted by atomic mass is 35.5. The third kappa shape index (κ3) is 4.40. The van der Waals surface area contributed by atoms with E-state index in [1.807, 2.05) is 24.3 Å². The van der Waals surface area contributed by atoms with Crippen molar-refractivity contribution in [2.24, 2.45) is 0 Å². The molecule has 5 heteroatoms. The Balaban J connectivity index is 1.73. The highest BCUT2D eigenvalue weighted by Gasteiger charge is 2.15. The largest absolute Gasteiger partial charge is 0.467 e. The van der Waals surface area contributed by atoms with Gasteiger partial charge in [0, 0.05) is 11.1 Å². The third-order valence-electron chi connectivity index (χ3n) is 3.45. The molecular weight excluding hydrogens is 326 g/mol. The molecule has 0 radical (unpaired) electrons. The number of halogens is 1. The number of furan rings is 2. The van der Waals surface area contributed by atoms with Gasteiger partial charge in [-0.25, -0.2) is 0 Å². The van der Waals surface area contributed by atoms with E-state index in [0.717, 1.165) is 17.1 Å². The van der Waals surface area contributed by atoms with Crippen LogP contribution in [0.5, 0.6) is 0 Å². The van der Waals surface area contributed by atoms with Crippen LogP contribution in [-0.4, -0.2) is 10.8 Å². The Bertz CT molecular complexity index is 754. The van der Waals surface area contributed by atoms with Gasteiger partial charge >= 0.3 is 0 Å². The summed E-state index contributed by atoms with van der Waals surface area (Å²) < 4.78 is 10.7. The van der Waals surface area contributed by atoms with Crippen LogP contribution in [0, 0.1) is 0 Å². The van der Waals surface area contributed by atoms with Gasteiger partial charge in [0.25, 0.3) is 0 Å². The van der Waals surface area contributed by atoms with Crippen molar-refractivity contribution in [3.63, 3.8) is 0 Å². The minimum Gasteiger partial charge on any atom is -0.467 e. The average Bonchev–Trinajstić information content (AvgIpc) is 3.27. The van der Waals surface area contributed by atoms with Crippen molar-refractivity contribution >= 4 is 23.6 Å². The number of nitrogens with zero attached hydrogens (tertiary/aromatic N) is 1. The zero-order chi connectivity index (χ0) is 16.8. The molecule has 3 rings (SSSR count). The second-order valence-corrected chi connectivity index (χ2v) is 5.67. The number of carbonyl (C=O) groups excluding carboxylic acids is 1. The van der Waals surface area contributed by atoms with E-state index >= 15 is 0 Å². The van der Waals surface area contributed by atoms with Gasteiger partial charge in [0.15, 0.2) is 0 Å². The predicted octanol–water partition coefficient (Wildman–Crippen LogP) is 4.77. The molecule has 3 aromatic rings. The van der Waals surface area contributed by atoms with Gasteiger partial charge in [-0.3, -0.25) is 4.79 Å². The highest BCUT2D eigenvalue weighted by molar-refractivity contribution is 6.30. The molecule has 0 saturated heterocycles. The standard InChI is InChI=1S/C19H16ClNO3/c20-16-8-5-15(6-9-16)7-10-19(22)21(13-17-3-1-11-23-17)14-18-4-2-12-24-18/h1-12H,13-14H2/b10-7+. The number of benzene rings is 1. The quantitative estimate of drug-likeness (QED) is 0.607. The Labute approximate surface area is 144 Å². The molecule has 4 nitrogen and oxygen atoms in total. The molecule has 0 aliphatic heterocycles. The monoisotopic (exact) mass is 341 g/mol. The first-order valence-corrected chi connectivity index (χ1v) is 7.86. The molecule has 1 aromatic carbocycles. The summed E-state index contributed by atoms with van der Waals surface area (Å²) in [6.07, 6.45) is 6.48. The van der Waals surface area contributed by atoms with Crippen molar-refractivity contribution in [2.45, 2.75) is 13.1 Å². The minimum absolute atomic E-state index is 0.127. The van der Waals surface area contributed by atoms with Crippen molar-refractivity contribution in [3.05, 3.63) is 89.2 Å². The van der Waals surface area contributed by atoms with Crippen molar-refractivity contribution < 1.29 is 13.6 Å². The molecule has 0 fully saturated rings. The maximum atomic E-state index is 12.6. The number of carbonyl (C=O) groups is 1. The van der Waals surface area contributed by atoms with Crippen LogP contribution in [-0.2, 0) is 17.9 Å². The zero-order valence-corrected chi connectivity index (χ0v) is 13.6. The first-order chi connectivity index (χ1) is 11.7. The summed E-state index contributed by atoms with van der Waals surface area (Å²) in [7, 11) is 0. The van der Waals surface area contributed by atoms with Gasteiger partial charge in [0.2, 0.25) is 5.91 Å². The summed E-state index contributed by atoms with van der Waals surface area (Å²) in [6, 6.07) is 14.6. The second kappa shape index (κ2) is 7.70. The van der Waals surface area contributed by atoms with Gasteiger partial charge in [0.1, 0.15) is 11.5 Å². The van der Waals surface area contributed by atoms with Crippen LogP contribution in [0.4, 0.5) is 0 Å². The maximum absolute atomic E-state index is 12.6. The lowest BCUT2D eigenvalue weighted by Gasteiger charge is -2.18. The summed E-state index contributed by atoms with van der Waals surface area (Å²) in [5.74, 6) is 1.31. The van der Waals surface area contributed by atoms with Crippen molar-refractivity contribution in [1.82, 2.24) is 4.90 Å². The minimum atomic E-state index is -0.127. The van der Waals surface area contributed by atoms with Crippen LogP contribution < -0.4 is 0 Å². The van der Waals surface area contributed by atoms with Gasteiger partial charge in [-0.2, -0.15) is 0 Å². The van der Waals surface area contributed by atoms with Crippen LogP contribution >= 0.6 is 11.6 Å². The average molecular weight is 342 g/mol. The number of amides is 1. The van der Waals surface area contributed by atoms with Gasteiger partial charge in [0.05, 0.1) is 25.6 Å². The Morgan fingerprint density at radius 2 is 1.54 bits per heavy atom. The molecular formula is C19H16ClNO3. The Hall–Kier alpha value is -2.72. The summed E-state index contributed by atoms with van der Waals surface area (Å²) in [5.41, 5.74) is 0.906. The Kier molecular flexibility index (Phi) is 5.18. The molecule has 0 N–H and O–H groups in total. The predicted molar refractivity (Wildman–Crippen MR) is 92.2 cm³/mol. The number of rotatable bonds is 6. The molecule has 122 valence electrons. The SMILES string of the molecule is O=C(/C=C/c1ccc(Cl)cc1)N(Cc1ccco1)Cc1ccco1. The Morgan fingerprint density at radius 1 is 0.958 bits per heavy atom. The summed E-state index contributed by atoms with van der Waals surface area (Å²) in [5, 5.41) is 0.663. The van der Waals surface area contributed by atoms with Gasteiger partial charge in [-0.05, 0) is 48.0 Å². The second-order valence-electron chi connectivity index (χ2n) is 5.24. The van der Waals surface area contributed by atoms with Crippen molar-refractivity contribution in [3.8, 4) is 0 Å². The smallest absolute Gasteiger partial charge is 0.247 e. The van der Waals surface area contributed by atoms with Crippen LogP contribution in [0.15, 0.2) is 76.0 Å². The van der Waals surface area contributed by atoms with Crippen molar-refractivity contribution in [1.29, 1.82) is 0 Å². The van der Waals surface area contributed by atoms with Crippen LogP contribution in [0.2, 0.25) is 5.02 Å². The van der Waals surface area contributed by atoms with Gasteiger partial charge in [-0.15, -0.1) is 0 Å². The molecule has 0 unspecified atom stereocenters. The molecule has 1 amide bonds. The fourth-order valence-electron chi connectivity index (χ4n) is 2.24. The molecule has 0 spiro atoms. The first kappa shape index (κ1) is 16.1. The molecule has 0 aliphatic rings. The lowest BCUT2D eigenvalue weighted by Crippen LogP contribution is -2.28. The summed E-state index contributed by atoms with van der Waals surface area (Å²) >= 11 is 5.86. The summed E-state index contributed by atoms with van der Waals surface area (Å²) in [6.45, 7) is 0.745. The molecule has 24 heavy (non-hydrogen) atoms. The van der Waals surface area contributed by atoms with Crippen LogP contribution in [0.1, 0.15) is 17.1 Å². The molecule has 0 saturated carbocycles. The normalized spacial score (nSPS) is 11.0. The molecule has 0 bridgehead atoms. The van der Waals surface area contributed by atoms with E-state index in [9.17, 15) is 4.79 Å². The highest BCUT2D eigenvalue weighted by Crippen LogP contribution is 2.14. The first-order valence-electron chi connectivity index (χ1n) is 7.48.